The Hall–Kier alpha value is -1.27. The topological polar surface area (TPSA) is 18.5 Å². The molecule has 0 aliphatic carbocycles. The standard InChI is InChI=1S/C15H22F3N3/c1-20(2)13-3-4-14(15(16,17)18)12(11-13)5-8-21-9-6-19-7-10-21/h3-4,11,19H,5-10H2,1-2H3. The van der Waals surface area contributed by atoms with E-state index in [0.717, 1.165) is 31.9 Å². The summed E-state index contributed by atoms with van der Waals surface area (Å²) in [7, 11) is 3.67. The molecule has 1 N–H and O–H groups in total. The fourth-order valence-corrected chi connectivity index (χ4v) is 2.55. The van der Waals surface area contributed by atoms with Crippen molar-refractivity contribution in [1.29, 1.82) is 0 Å². The van der Waals surface area contributed by atoms with E-state index < -0.39 is 11.7 Å². The number of benzene rings is 1. The molecule has 6 heteroatoms. The molecule has 1 aromatic carbocycles. The Balaban J connectivity index is 2.15. The third-order valence-corrected chi connectivity index (χ3v) is 3.82. The predicted octanol–water partition coefficient (Wildman–Crippen LogP) is 2.22. The summed E-state index contributed by atoms with van der Waals surface area (Å²) in [4.78, 5) is 4.04. The van der Waals surface area contributed by atoms with Crippen molar-refractivity contribution >= 4 is 5.69 Å². The van der Waals surface area contributed by atoms with Crippen LogP contribution in [0.15, 0.2) is 18.2 Å². The summed E-state index contributed by atoms with van der Waals surface area (Å²) in [5.41, 5.74) is 0.675. The number of hydrogen-bond acceptors (Lipinski definition) is 3. The number of nitrogens with zero attached hydrogens (tertiary/aromatic N) is 2. The van der Waals surface area contributed by atoms with E-state index in [1.54, 1.807) is 6.07 Å². The van der Waals surface area contributed by atoms with E-state index in [4.69, 9.17) is 0 Å². The minimum Gasteiger partial charge on any atom is -0.378 e. The van der Waals surface area contributed by atoms with Crippen molar-refractivity contribution in [3.05, 3.63) is 29.3 Å². The van der Waals surface area contributed by atoms with Crippen LogP contribution in [0.5, 0.6) is 0 Å². The third-order valence-electron chi connectivity index (χ3n) is 3.82. The maximum Gasteiger partial charge on any atom is 0.416 e. The lowest BCUT2D eigenvalue weighted by Gasteiger charge is -2.27. The lowest BCUT2D eigenvalue weighted by molar-refractivity contribution is -0.138. The second kappa shape index (κ2) is 6.66. The summed E-state index contributed by atoms with van der Waals surface area (Å²) in [6, 6.07) is 4.38. The summed E-state index contributed by atoms with van der Waals surface area (Å²) in [6.07, 6.45) is -3.86. The van der Waals surface area contributed by atoms with Gasteiger partial charge in [-0.2, -0.15) is 13.2 Å². The number of anilines is 1. The first-order valence-corrected chi connectivity index (χ1v) is 7.18. The van der Waals surface area contributed by atoms with Gasteiger partial charge in [0.25, 0.3) is 0 Å². The van der Waals surface area contributed by atoms with Crippen LogP contribution in [0.2, 0.25) is 0 Å². The summed E-state index contributed by atoms with van der Waals surface area (Å²) in [5.74, 6) is 0. The molecular weight excluding hydrogens is 279 g/mol. The third kappa shape index (κ3) is 4.35. The molecule has 1 saturated heterocycles. The maximum atomic E-state index is 13.1. The fraction of sp³-hybridized carbons (Fsp3) is 0.600. The summed E-state index contributed by atoms with van der Waals surface area (Å²) in [6.45, 7) is 4.28. The highest BCUT2D eigenvalue weighted by Crippen LogP contribution is 2.34. The van der Waals surface area contributed by atoms with Crippen molar-refractivity contribution in [2.75, 3.05) is 51.7 Å². The first kappa shape index (κ1) is 16.1. The van der Waals surface area contributed by atoms with Gasteiger partial charge in [-0.3, -0.25) is 0 Å². The molecule has 0 atom stereocenters. The minimum absolute atomic E-state index is 0.382. The molecule has 0 aromatic heterocycles. The lowest BCUT2D eigenvalue weighted by atomic mass is 10.0. The summed E-state index contributed by atoms with van der Waals surface area (Å²) >= 11 is 0. The van der Waals surface area contributed by atoms with E-state index in [0.29, 0.717) is 18.5 Å². The van der Waals surface area contributed by atoms with Crippen LogP contribution in [0.4, 0.5) is 18.9 Å². The Kier molecular flexibility index (Phi) is 5.11. The molecule has 0 saturated carbocycles. The van der Waals surface area contributed by atoms with E-state index in [1.807, 2.05) is 19.0 Å². The summed E-state index contributed by atoms with van der Waals surface area (Å²) in [5, 5.41) is 3.24. The van der Waals surface area contributed by atoms with Gasteiger partial charge in [-0.15, -0.1) is 0 Å². The number of rotatable bonds is 4. The Bertz CT molecular complexity index is 466. The van der Waals surface area contributed by atoms with Crippen LogP contribution in [-0.2, 0) is 12.6 Å². The molecule has 1 heterocycles. The molecule has 0 amide bonds. The molecule has 118 valence electrons. The van der Waals surface area contributed by atoms with Crippen molar-refractivity contribution in [2.24, 2.45) is 0 Å². The first-order chi connectivity index (χ1) is 9.88. The monoisotopic (exact) mass is 301 g/mol. The quantitative estimate of drug-likeness (QED) is 0.920. The molecule has 1 fully saturated rings. The minimum atomic E-state index is -4.29. The average molecular weight is 301 g/mol. The molecular formula is C15H22F3N3. The Labute approximate surface area is 123 Å². The van der Waals surface area contributed by atoms with Gasteiger partial charge in [0, 0.05) is 52.5 Å². The van der Waals surface area contributed by atoms with E-state index in [1.165, 1.54) is 12.1 Å². The molecule has 1 aliphatic rings. The Morgan fingerprint density at radius 3 is 2.43 bits per heavy atom. The number of halogens is 3. The highest BCUT2D eigenvalue weighted by atomic mass is 19.4. The van der Waals surface area contributed by atoms with Crippen LogP contribution in [0.25, 0.3) is 0 Å². The van der Waals surface area contributed by atoms with E-state index in [9.17, 15) is 13.2 Å². The number of nitrogens with one attached hydrogen (secondary N) is 1. The van der Waals surface area contributed by atoms with Crippen LogP contribution in [0.3, 0.4) is 0 Å². The van der Waals surface area contributed by atoms with E-state index >= 15 is 0 Å². The molecule has 0 unspecified atom stereocenters. The SMILES string of the molecule is CN(C)c1ccc(C(F)(F)F)c(CCN2CCNCC2)c1. The highest BCUT2D eigenvalue weighted by Gasteiger charge is 2.33. The van der Waals surface area contributed by atoms with Crippen molar-refractivity contribution in [1.82, 2.24) is 10.2 Å². The van der Waals surface area contributed by atoms with Crippen molar-refractivity contribution in [3.8, 4) is 0 Å². The zero-order valence-electron chi connectivity index (χ0n) is 12.5. The molecule has 0 radical (unpaired) electrons. The first-order valence-electron chi connectivity index (χ1n) is 7.18. The molecule has 1 aromatic rings. The van der Waals surface area contributed by atoms with Gasteiger partial charge >= 0.3 is 6.18 Å². The number of alkyl halides is 3. The highest BCUT2D eigenvalue weighted by molar-refractivity contribution is 5.50. The smallest absolute Gasteiger partial charge is 0.378 e. The van der Waals surface area contributed by atoms with Crippen LogP contribution in [-0.4, -0.2) is 51.7 Å². The lowest BCUT2D eigenvalue weighted by Crippen LogP contribution is -2.44. The van der Waals surface area contributed by atoms with Gasteiger partial charge in [0.2, 0.25) is 0 Å². The van der Waals surface area contributed by atoms with Crippen molar-refractivity contribution in [3.63, 3.8) is 0 Å². The molecule has 1 aliphatic heterocycles. The second-order valence-corrected chi connectivity index (χ2v) is 5.58. The van der Waals surface area contributed by atoms with Crippen LogP contribution in [0.1, 0.15) is 11.1 Å². The molecule has 21 heavy (non-hydrogen) atoms. The van der Waals surface area contributed by atoms with E-state index in [-0.39, 0.29) is 0 Å². The van der Waals surface area contributed by atoms with Gasteiger partial charge in [0.05, 0.1) is 5.56 Å². The van der Waals surface area contributed by atoms with Gasteiger partial charge in [0.1, 0.15) is 0 Å². The second-order valence-electron chi connectivity index (χ2n) is 5.58. The van der Waals surface area contributed by atoms with Gasteiger partial charge in [-0.1, -0.05) is 0 Å². The largest absolute Gasteiger partial charge is 0.416 e. The fourth-order valence-electron chi connectivity index (χ4n) is 2.55. The number of piperazine rings is 1. The molecule has 0 spiro atoms. The zero-order chi connectivity index (χ0) is 15.5. The molecule has 3 nitrogen and oxygen atoms in total. The molecule has 0 bridgehead atoms. The van der Waals surface area contributed by atoms with Crippen LogP contribution in [0, 0.1) is 0 Å². The maximum absolute atomic E-state index is 13.1. The van der Waals surface area contributed by atoms with Crippen molar-refractivity contribution in [2.45, 2.75) is 12.6 Å². The van der Waals surface area contributed by atoms with Crippen molar-refractivity contribution < 1.29 is 13.2 Å². The zero-order valence-corrected chi connectivity index (χ0v) is 12.5. The Morgan fingerprint density at radius 1 is 1.19 bits per heavy atom. The molecule has 2 rings (SSSR count). The Morgan fingerprint density at radius 2 is 1.86 bits per heavy atom. The average Bonchev–Trinajstić information content (AvgIpc) is 2.45. The van der Waals surface area contributed by atoms with Crippen LogP contribution >= 0.6 is 0 Å². The van der Waals surface area contributed by atoms with Crippen LogP contribution < -0.4 is 10.2 Å². The van der Waals surface area contributed by atoms with Gasteiger partial charge in [0.15, 0.2) is 0 Å². The van der Waals surface area contributed by atoms with Gasteiger partial charge < -0.3 is 15.1 Å². The van der Waals surface area contributed by atoms with Gasteiger partial charge in [-0.25, -0.2) is 0 Å². The van der Waals surface area contributed by atoms with E-state index in [2.05, 4.69) is 10.2 Å². The van der Waals surface area contributed by atoms with Gasteiger partial charge in [-0.05, 0) is 30.2 Å². The normalized spacial score (nSPS) is 17.0. The number of hydrogen-bond donors (Lipinski definition) is 1. The summed E-state index contributed by atoms with van der Waals surface area (Å²) < 4.78 is 39.3. The predicted molar refractivity (Wildman–Crippen MR) is 78.8 cm³/mol.